The van der Waals surface area contributed by atoms with Crippen LogP contribution in [0.5, 0.6) is 5.75 Å². The molecule has 80 valence electrons. The van der Waals surface area contributed by atoms with Crippen LogP contribution < -0.4 is 10.5 Å². The molecule has 0 fully saturated rings. The van der Waals surface area contributed by atoms with Crippen LogP contribution in [-0.2, 0) is 0 Å². The zero-order valence-corrected chi connectivity index (χ0v) is 8.46. The van der Waals surface area contributed by atoms with E-state index < -0.39 is 5.97 Å². The Labute approximate surface area is 92.7 Å². The first-order valence-electron chi connectivity index (χ1n) is 4.75. The molecule has 0 amide bonds. The molecule has 16 heavy (non-hydrogen) atoms. The molecule has 1 aromatic heterocycles. The minimum absolute atomic E-state index is 0.131. The van der Waals surface area contributed by atoms with Crippen LogP contribution in [0.2, 0.25) is 0 Å². The predicted molar refractivity (Wildman–Crippen MR) is 60.0 cm³/mol. The lowest BCUT2D eigenvalue weighted by atomic mass is 10.3. The number of nitrogens with two attached hydrogens (primary N) is 1. The Morgan fingerprint density at radius 1 is 1.12 bits per heavy atom. The van der Waals surface area contributed by atoms with Crippen LogP contribution in [-0.4, -0.2) is 11.0 Å². The van der Waals surface area contributed by atoms with Crippen molar-refractivity contribution in [1.29, 1.82) is 0 Å². The number of aromatic nitrogens is 1. The number of nitrogen functional groups attached to an aromatic ring is 1. The number of pyridine rings is 1. The van der Waals surface area contributed by atoms with E-state index in [4.69, 9.17) is 10.5 Å². The molecule has 0 unspecified atom stereocenters. The summed E-state index contributed by atoms with van der Waals surface area (Å²) in [6.45, 7) is 0. The third kappa shape index (κ3) is 2.17. The lowest BCUT2D eigenvalue weighted by molar-refractivity contribution is 0.0730. The average molecular weight is 214 g/mol. The van der Waals surface area contributed by atoms with Crippen molar-refractivity contribution in [1.82, 2.24) is 4.98 Å². The van der Waals surface area contributed by atoms with Gasteiger partial charge in [0.15, 0.2) is 5.69 Å². The van der Waals surface area contributed by atoms with Gasteiger partial charge in [0.2, 0.25) is 0 Å². The summed E-state index contributed by atoms with van der Waals surface area (Å²) in [5.41, 5.74) is 6.05. The highest BCUT2D eigenvalue weighted by Gasteiger charge is 2.12. The Morgan fingerprint density at radius 3 is 2.56 bits per heavy atom. The van der Waals surface area contributed by atoms with Gasteiger partial charge in [-0.25, -0.2) is 9.78 Å². The maximum absolute atomic E-state index is 11.7. The zero-order chi connectivity index (χ0) is 11.4. The second-order valence-electron chi connectivity index (χ2n) is 3.14. The summed E-state index contributed by atoms with van der Waals surface area (Å²) in [6.07, 6.45) is 1.50. The van der Waals surface area contributed by atoms with E-state index in [1.54, 1.807) is 36.4 Å². The maximum atomic E-state index is 11.7. The molecule has 2 rings (SSSR count). The van der Waals surface area contributed by atoms with Crippen LogP contribution in [0.3, 0.4) is 0 Å². The highest BCUT2D eigenvalue weighted by Crippen LogP contribution is 2.13. The molecule has 0 spiro atoms. The largest absolute Gasteiger partial charge is 0.422 e. The van der Waals surface area contributed by atoms with Gasteiger partial charge >= 0.3 is 5.97 Å². The van der Waals surface area contributed by atoms with Gasteiger partial charge in [0.25, 0.3) is 0 Å². The number of para-hydroxylation sites is 1. The number of benzene rings is 1. The van der Waals surface area contributed by atoms with E-state index in [0.717, 1.165) is 0 Å². The van der Waals surface area contributed by atoms with Crippen molar-refractivity contribution >= 4 is 11.7 Å². The SMILES string of the molecule is Nc1cccnc1C(=O)Oc1ccccc1. The van der Waals surface area contributed by atoms with E-state index in [9.17, 15) is 4.79 Å². The standard InChI is InChI=1S/C12H10N2O2/c13-10-7-4-8-14-11(10)12(15)16-9-5-2-1-3-6-9/h1-8H,13H2. The minimum Gasteiger partial charge on any atom is -0.422 e. The van der Waals surface area contributed by atoms with E-state index in [-0.39, 0.29) is 5.69 Å². The lowest BCUT2D eigenvalue weighted by Gasteiger charge is -2.04. The number of hydrogen-bond donors (Lipinski definition) is 1. The summed E-state index contributed by atoms with van der Waals surface area (Å²) >= 11 is 0. The fraction of sp³-hybridized carbons (Fsp3) is 0. The molecule has 1 aromatic carbocycles. The molecule has 4 heteroatoms. The van der Waals surface area contributed by atoms with Crippen molar-refractivity contribution < 1.29 is 9.53 Å². The fourth-order valence-electron chi connectivity index (χ4n) is 1.23. The van der Waals surface area contributed by atoms with Crippen LogP contribution in [0, 0.1) is 0 Å². The predicted octanol–water partition coefficient (Wildman–Crippen LogP) is 1.88. The molecule has 0 bridgehead atoms. The van der Waals surface area contributed by atoms with Crippen LogP contribution in [0.4, 0.5) is 5.69 Å². The number of anilines is 1. The topological polar surface area (TPSA) is 65.2 Å². The number of rotatable bonds is 2. The van der Waals surface area contributed by atoms with Gasteiger partial charge in [-0.15, -0.1) is 0 Å². The third-order valence-corrected chi connectivity index (χ3v) is 1.99. The van der Waals surface area contributed by atoms with Crippen molar-refractivity contribution in [3.8, 4) is 5.75 Å². The normalized spacial score (nSPS) is 9.75. The molecule has 0 saturated heterocycles. The zero-order valence-electron chi connectivity index (χ0n) is 8.46. The first-order valence-corrected chi connectivity index (χ1v) is 4.75. The lowest BCUT2D eigenvalue weighted by Crippen LogP contribution is -2.12. The van der Waals surface area contributed by atoms with Gasteiger partial charge in [-0.05, 0) is 24.3 Å². The Morgan fingerprint density at radius 2 is 1.88 bits per heavy atom. The molecular formula is C12H10N2O2. The first-order chi connectivity index (χ1) is 7.77. The molecule has 2 N–H and O–H groups in total. The van der Waals surface area contributed by atoms with Crippen molar-refractivity contribution in [3.63, 3.8) is 0 Å². The molecule has 0 aliphatic rings. The second-order valence-corrected chi connectivity index (χ2v) is 3.14. The van der Waals surface area contributed by atoms with Gasteiger partial charge in [0.1, 0.15) is 5.75 Å². The van der Waals surface area contributed by atoms with Gasteiger partial charge < -0.3 is 10.5 Å². The van der Waals surface area contributed by atoms with E-state index in [2.05, 4.69) is 4.98 Å². The molecule has 1 heterocycles. The van der Waals surface area contributed by atoms with Gasteiger partial charge in [0, 0.05) is 6.20 Å². The molecule has 4 nitrogen and oxygen atoms in total. The third-order valence-electron chi connectivity index (χ3n) is 1.99. The van der Waals surface area contributed by atoms with E-state index in [1.807, 2.05) is 6.07 Å². The van der Waals surface area contributed by atoms with Crippen molar-refractivity contribution in [2.75, 3.05) is 5.73 Å². The number of nitrogens with zero attached hydrogens (tertiary/aromatic N) is 1. The summed E-state index contributed by atoms with van der Waals surface area (Å²) in [5, 5.41) is 0. The Bertz CT molecular complexity index is 497. The number of esters is 1. The summed E-state index contributed by atoms with van der Waals surface area (Å²) in [7, 11) is 0. The maximum Gasteiger partial charge on any atom is 0.364 e. The second kappa shape index (κ2) is 4.44. The van der Waals surface area contributed by atoms with Crippen molar-refractivity contribution in [2.45, 2.75) is 0 Å². The Kier molecular flexibility index (Phi) is 2.82. The summed E-state index contributed by atoms with van der Waals surface area (Å²) in [6, 6.07) is 12.1. The quantitative estimate of drug-likeness (QED) is 0.612. The van der Waals surface area contributed by atoms with Crippen LogP contribution in [0.1, 0.15) is 10.5 Å². The van der Waals surface area contributed by atoms with E-state index >= 15 is 0 Å². The minimum atomic E-state index is -0.552. The van der Waals surface area contributed by atoms with Gasteiger partial charge in [0.05, 0.1) is 5.69 Å². The van der Waals surface area contributed by atoms with E-state index in [1.165, 1.54) is 6.20 Å². The van der Waals surface area contributed by atoms with Crippen LogP contribution >= 0.6 is 0 Å². The first kappa shape index (κ1) is 10.2. The average Bonchev–Trinajstić information content (AvgIpc) is 2.31. The molecular weight excluding hydrogens is 204 g/mol. The van der Waals surface area contributed by atoms with Crippen LogP contribution in [0.15, 0.2) is 48.7 Å². The monoisotopic (exact) mass is 214 g/mol. The summed E-state index contributed by atoms with van der Waals surface area (Å²) < 4.78 is 5.10. The number of ether oxygens (including phenoxy) is 1. The molecule has 0 radical (unpaired) electrons. The molecule has 0 saturated carbocycles. The van der Waals surface area contributed by atoms with Crippen molar-refractivity contribution in [2.24, 2.45) is 0 Å². The Balaban J connectivity index is 2.19. The molecule has 0 atom stereocenters. The number of carbonyl (C=O) groups is 1. The van der Waals surface area contributed by atoms with Gasteiger partial charge in [-0.1, -0.05) is 18.2 Å². The van der Waals surface area contributed by atoms with E-state index in [0.29, 0.717) is 11.4 Å². The highest BCUT2D eigenvalue weighted by molar-refractivity contribution is 5.94. The number of hydrogen-bond acceptors (Lipinski definition) is 4. The molecule has 2 aromatic rings. The highest BCUT2D eigenvalue weighted by atomic mass is 16.5. The number of carbonyl (C=O) groups excluding carboxylic acids is 1. The molecule has 0 aliphatic carbocycles. The van der Waals surface area contributed by atoms with Crippen molar-refractivity contribution in [3.05, 3.63) is 54.4 Å². The van der Waals surface area contributed by atoms with Gasteiger partial charge in [-0.2, -0.15) is 0 Å². The summed E-state index contributed by atoms with van der Waals surface area (Å²) in [4.78, 5) is 15.5. The van der Waals surface area contributed by atoms with Crippen LogP contribution in [0.25, 0.3) is 0 Å². The molecule has 0 aliphatic heterocycles. The summed E-state index contributed by atoms with van der Waals surface area (Å²) in [5.74, 6) is -0.0816. The van der Waals surface area contributed by atoms with Gasteiger partial charge in [-0.3, -0.25) is 0 Å². The Hall–Kier alpha value is -2.36. The smallest absolute Gasteiger partial charge is 0.364 e. The fourth-order valence-corrected chi connectivity index (χ4v) is 1.23.